The quantitative estimate of drug-likeness (QED) is 0.648. The third-order valence-electron chi connectivity index (χ3n) is 3.52. The molecule has 1 amide bonds. The standard InChI is InChI=1S/C17H28N2O2/c1-13(2)8-15(11-18)10-17(21)19-16(12-20)9-14-6-4-3-5-7-14/h3-7,13,15-16,20H,8-12,18H2,1-2H3,(H,19,21). The van der Waals surface area contributed by atoms with Crippen LogP contribution in [0, 0.1) is 11.8 Å². The van der Waals surface area contributed by atoms with Crippen LogP contribution < -0.4 is 11.1 Å². The molecule has 0 aromatic heterocycles. The highest BCUT2D eigenvalue weighted by Crippen LogP contribution is 2.14. The van der Waals surface area contributed by atoms with Crippen LogP contribution >= 0.6 is 0 Å². The van der Waals surface area contributed by atoms with Gasteiger partial charge >= 0.3 is 0 Å². The van der Waals surface area contributed by atoms with Gasteiger partial charge in [0, 0.05) is 6.42 Å². The van der Waals surface area contributed by atoms with Crippen LogP contribution in [0.5, 0.6) is 0 Å². The molecule has 0 heterocycles. The predicted molar refractivity (Wildman–Crippen MR) is 85.8 cm³/mol. The number of hydrogen-bond donors (Lipinski definition) is 3. The van der Waals surface area contributed by atoms with Gasteiger partial charge < -0.3 is 16.2 Å². The van der Waals surface area contributed by atoms with E-state index in [-0.39, 0.29) is 24.5 Å². The van der Waals surface area contributed by atoms with Crippen molar-refractivity contribution >= 4 is 5.91 Å². The summed E-state index contributed by atoms with van der Waals surface area (Å²) in [5.74, 6) is 0.714. The van der Waals surface area contributed by atoms with Crippen molar-refractivity contribution in [2.75, 3.05) is 13.2 Å². The smallest absolute Gasteiger partial charge is 0.220 e. The van der Waals surface area contributed by atoms with E-state index in [0.29, 0.717) is 25.3 Å². The fourth-order valence-corrected chi connectivity index (χ4v) is 2.54. The van der Waals surface area contributed by atoms with Gasteiger partial charge in [-0.1, -0.05) is 44.2 Å². The highest BCUT2D eigenvalue weighted by atomic mass is 16.3. The fourth-order valence-electron chi connectivity index (χ4n) is 2.54. The summed E-state index contributed by atoms with van der Waals surface area (Å²) < 4.78 is 0. The first-order valence-corrected chi connectivity index (χ1v) is 7.69. The van der Waals surface area contributed by atoms with E-state index in [4.69, 9.17) is 5.73 Å². The Morgan fingerprint density at radius 3 is 2.48 bits per heavy atom. The van der Waals surface area contributed by atoms with Gasteiger partial charge in [0.2, 0.25) is 5.91 Å². The predicted octanol–water partition coefficient (Wildman–Crippen LogP) is 1.72. The number of nitrogens with one attached hydrogen (secondary N) is 1. The molecule has 0 radical (unpaired) electrons. The molecule has 0 saturated heterocycles. The summed E-state index contributed by atoms with van der Waals surface area (Å²) >= 11 is 0. The van der Waals surface area contributed by atoms with E-state index in [0.717, 1.165) is 12.0 Å². The summed E-state index contributed by atoms with van der Waals surface area (Å²) in [5.41, 5.74) is 6.83. The highest BCUT2D eigenvalue weighted by molar-refractivity contribution is 5.76. The van der Waals surface area contributed by atoms with Crippen molar-refractivity contribution in [1.29, 1.82) is 0 Å². The van der Waals surface area contributed by atoms with Gasteiger partial charge in [0.1, 0.15) is 0 Å². The zero-order chi connectivity index (χ0) is 15.7. The van der Waals surface area contributed by atoms with Gasteiger partial charge in [-0.15, -0.1) is 0 Å². The molecule has 0 fully saturated rings. The molecule has 0 aliphatic carbocycles. The Bertz CT molecular complexity index is 407. The Morgan fingerprint density at radius 1 is 1.29 bits per heavy atom. The summed E-state index contributed by atoms with van der Waals surface area (Å²) in [4.78, 5) is 12.1. The summed E-state index contributed by atoms with van der Waals surface area (Å²) in [5, 5.41) is 12.3. The summed E-state index contributed by atoms with van der Waals surface area (Å²) in [6.45, 7) is 4.73. The van der Waals surface area contributed by atoms with Crippen molar-refractivity contribution in [2.24, 2.45) is 17.6 Å². The van der Waals surface area contributed by atoms with Gasteiger partial charge in [0.15, 0.2) is 0 Å². The molecule has 21 heavy (non-hydrogen) atoms. The molecule has 0 saturated carbocycles. The van der Waals surface area contributed by atoms with Gasteiger partial charge in [-0.3, -0.25) is 4.79 Å². The van der Waals surface area contributed by atoms with Crippen LogP contribution in [0.1, 0.15) is 32.3 Å². The molecule has 4 N–H and O–H groups in total. The maximum Gasteiger partial charge on any atom is 0.220 e. The average Bonchev–Trinajstić information content (AvgIpc) is 2.46. The Hall–Kier alpha value is -1.39. The lowest BCUT2D eigenvalue weighted by molar-refractivity contribution is -0.123. The second-order valence-electron chi connectivity index (χ2n) is 6.07. The maximum atomic E-state index is 12.1. The number of hydrogen-bond acceptors (Lipinski definition) is 3. The van der Waals surface area contributed by atoms with Crippen LogP contribution in [0.2, 0.25) is 0 Å². The highest BCUT2D eigenvalue weighted by Gasteiger charge is 2.17. The van der Waals surface area contributed by atoms with Crippen molar-refractivity contribution in [3.63, 3.8) is 0 Å². The maximum absolute atomic E-state index is 12.1. The number of nitrogens with two attached hydrogens (primary N) is 1. The van der Waals surface area contributed by atoms with Gasteiger partial charge in [-0.2, -0.15) is 0 Å². The number of rotatable bonds is 9. The normalized spacial score (nSPS) is 14.0. The minimum atomic E-state index is -0.239. The van der Waals surface area contributed by atoms with Crippen LogP contribution in [0.25, 0.3) is 0 Å². The molecule has 2 atom stereocenters. The van der Waals surface area contributed by atoms with Crippen molar-refractivity contribution in [1.82, 2.24) is 5.32 Å². The van der Waals surface area contributed by atoms with Gasteiger partial charge in [0.05, 0.1) is 12.6 Å². The minimum Gasteiger partial charge on any atom is -0.394 e. The fraction of sp³-hybridized carbons (Fsp3) is 0.588. The molecule has 0 bridgehead atoms. The zero-order valence-corrected chi connectivity index (χ0v) is 13.1. The van der Waals surface area contributed by atoms with E-state index in [9.17, 15) is 9.90 Å². The number of carbonyl (C=O) groups is 1. The molecule has 118 valence electrons. The van der Waals surface area contributed by atoms with Crippen LogP contribution in [0.4, 0.5) is 0 Å². The summed E-state index contributed by atoms with van der Waals surface area (Å²) in [6.07, 6.45) is 2.02. The lowest BCUT2D eigenvalue weighted by Gasteiger charge is -2.20. The van der Waals surface area contributed by atoms with E-state index in [2.05, 4.69) is 19.2 Å². The molecule has 0 aliphatic rings. The minimum absolute atomic E-state index is 0.0268. The van der Waals surface area contributed by atoms with E-state index < -0.39 is 0 Å². The second kappa shape index (κ2) is 9.53. The number of aliphatic hydroxyl groups excluding tert-OH is 1. The molecule has 0 spiro atoms. The van der Waals surface area contributed by atoms with Crippen LogP contribution in [0.15, 0.2) is 30.3 Å². The molecule has 4 heteroatoms. The molecular weight excluding hydrogens is 264 g/mol. The number of amides is 1. The van der Waals surface area contributed by atoms with Crippen LogP contribution in [-0.4, -0.2) is 30.2 Å². The molecule has 1 aromatic carbocycles. The Kier molecular flexibility index (Phi) is 8.01. The van der Waals surface area contributed by atoms with E-state index in [1.54, 1.807) is 0 Å². The first-order valence-electron chi connectivity index (χ1n) is 7.69. The zero-order valence-electron chi connectivity index (χ0n) is 13.1. The Morgan fingerprint density at radius 2 is 1.95 bits per heavy atom. The first kappa shape index (κ1) is 17.7. The molecule has 1 aromatic rings. The van der Waals surface area contributed by atoms with Crippen LogP contribution in [-0.2, 0) is 11.2 Å². The van der Waals surface area contributed by atoms with Crippen molar-refractivity contribution in [2.45, 2.75) is 39.2 Å². The van der Waals surface area contributed by atoms with Crippen molar-refractivity contribution in [3.05, 3.63) is 35.9 Å². The average molecular weight is 292 g/mol. The Balaban J connectivity index is 2.46. The monoisotopic (exact) mass is 292 g/mol. The van der Waals surface area contributed by atoms with Gasteiger partial charge in [0.25, 0.3) is 0 Å². The summed E-state index contributed by atoms with van der Waals surface area (Å²) in [7, 11) is 0. The van der Waals surface area contributed by atoms with Crippen molar-refractivity contribution in [3.8, 4) is 0 Å². The Labute approximate surface area is 127 Å². The number of aliphatic hydroxyl groups is 1. The van der Waals surface area contributed by atoms with Gasteiger partial charge in [-0.25, -0.2) is 0 Å². The third kappa shape index (κ3) is 7.25. The van der Waals surface area contributed by atoms with Crippen molar-refractivity contribution < 1.29 is 9.90 Å². The lowest BCUT2D eigenvalue weighted by Crippen LogP contribution is -2.40. The second-order valence-corrected chi connectivity index (χ2v) is 6.07. The number of carbonyl (C=O) groups excluding carboxylic acids is 1. The topological polar surface area (TPSA) is 75.4 Å². The van der Waals surface area contributed by atoms with Crippen LogP contribution in [0.3, 0.4) is 0 Å². The molecule has 1 rings (SSSR count). The SMILES string of the molecule is CC(C)CC(CN)CC(=O)NC(CO)Cc1ccccc1. The van der Waals surface area contributed by atoms with E-state index >= 15 is 0 Å². The van der Waals surface area contributed by atoms with E-state index in [1.807, 2.05) is 30.3 Å². The summed E-state index contributed by atoms with van der Waals surface area (Å²) in [6, 6.07) is 9.62. The number of benzene rings is 1. The van der Waals surface area contributed by atoms with E-state index in [1.165, 1.54) is 0 Å². The third-order valence-corrected chi connectivity index (χ3v) is 3.52. The van der Waals surface area contributed by atoms with Gasteiger partial charge in [-0.05, 0) is 36.8 Å². The molecular formula is C17H28N2O2. The molecule has 4 nitrogen and oxygen atoms in total. The largest absolute Gasteiger partial charge is 0.394 e. The molecule has 2 unspecified atom stereocenters. The lowest BCUT2D eigenvalue weighted by atomic mass is 9.94. The molecule has 0 aliphatic heterocycles. The first-order chi connectivity index (χ1) is 10.0.